The number of urea groups is 1. The Hall–Kier alpha value is -1.26. The van der Waals surface area contributed by atoms with Gasteiger partial charge >= 0.3 is 12.0 Å². The SMILES string of the molecule is CCCCN(C(=O)NC(C)CCCC(=O)O)C1CC1. The fourth-order valence-corrected chi connectivity index (χ4v) is 2.09. The molecule has 5 heteroatoms. The molecule has 0 aromatic heterocycles. The van der Waals surface area contributed by atoms with E-state index in [0.29, 0.717) is 18.9 Å². The van der Waals surface area contributed by atoms with Crippen molar-refractivity contribution in [2.45, 2.75) is 70.9 Å². The number of hydrogen-bond acceptors (Lipinski definition) is 2. The van der Waals surface area contributed by atoms with Crippen molar-refractivity contribution in [1.29, 1.82) is 0 Å². The summed E-state index contributed by atoms with van der Waals surface area (Å²) in [4.78, 5) is 24.5. The van der Waals surface area contributed by atoms with Crippen molar-refractivity contribution in [3.63, 3.8) is 0 Å². The molecule has 1 fully saturated rings. The molecule has 0 aromatic rings. The molecular weight excluding hydrogens is 244 g/mol. The van der Waals surface area contributed by atoms with Gasteiger partial charge in [0, 0.05) is 25.0 Å². The van der Waals surface area contributed by atoms with Gasteiger partial charge < -0.3 is 15.3 Å². The van der Waals surface area contributed by atoms with Crippen molar-refractivity contribution < 1.29 is 14.7 Å². The van der Waals surface area contributed by atoms with Crippen molar-refractivity contribution in [2.75, 3.05) is 6.54 Å². The second kappa shape index (κ2) is 8.02. The van der Waals surface area contributed by atoms with Crippen molar-refractivity contribution in [2.24, 2.45) is 0 Å². The van der Waals surface area contributed by atoms with E-state index < -0.39 is 5.97 Å². The average molecular weight is 270 g/mol. The van der Waals surface area contributed by atoms with Gasteiger partial charge in [0.2, 0.25) is 0 Å². The maximum Gasteiger partial charge on any atom is 0.317 e. The summed E-state index contributed by atoms with van der Waals surface area (Å²) < 4.78 is 0. The third kappa shape index (κ3) is 6.45. The van der Waals surface area contributed by atoms with Crippen LogP contribution in [0.5, 0.6) is 0 Å². The van der Waals surface area contributed by atoms with Crippen LogP contribution in [0.15, 0.2) is 0 Å². The molecular formula is C14H26N2O3. The number of carbonyl (C=O) groups excluding carboxylic acids is 1. The van der Waals surface area contributed by atoms with Crippen LogP contribution in [0, 0.1) is 0 Å². The lowest BCUT2D eigenvalue weighted by Gasteiger charge is -2.25. The number of aliphatic carboxylic acids is 1. The maximum atomic E-state index is 12.1. The molecule has 1 unspecified atom stereocenters. The lowest BCUT2D eigenvalue weighted by atomic mass is 10.1. The predicted octanol–water partition coefficient (Wildman–Crippen LogP) is 2.60. The van der Waals surface area contributed by atoms with Crippen LogP contribution in [-0.2, 0) is 4.79 Å². The molecule has 0 saturated heterocycles. The van der Waals surface area contributed by atoms with Gasteiger partial charge in [-0.3, -0.25) is 4.79 Å². The van der Waals surface area contributed by atoms with Crippen LogP contribution in [0.1, 0.15) is 58.8 Å². The molecule has 5 nitrogen and oxygen atoms in total. The Morgan fingerprint density at radius 2 is 2.05 bits per heavy atom. The topological polar surface area (TPSA) is 69.6 Å². The Morgan fingerprint density at radius 1 is 1.37 bits per heavy atom. The van der Waals surface area contributed by atoms with Crippen LogP contribution in [0.25, 0.3) is 0 Å². The minimum absolute atomic E-state index is 0.0128. The molecule has 1 rings (SSSR count). The second-order valence-corrected chi connectivity index (χ2v) is 5.41. The highest BCUT2D eigenvalue weighted by Gasteiger charge is 2.32. The first-order chi connectivity index (χ1) is 9.04. The highest BCUT2D eigenvalue weighted by molar-refractivity contribution is 5.75. The smallest absolute Gasteiger partial charge is 0.317 e. The second-order valence-electron chi connectivity index (χ2n) is 5.41. The molecule has 2 N–H and O–H groups in total. The van der Waals surface area contributed by atoms with Crippen molar-refractivity contribution in [1.82, 2.24) is 10.2 Å². The number of amides is 2. The third-order valence-electron chi connectivity index (χ3n) is 3.40. The lowest BCUT2D eigenvalue weighted by molar-refractivity contribution is -0.137. The van der Waals surface area contributed by atoms with Crippen LogP contribution >= 0.6 is 0 Å². The van der Waals surface area contributed by atoms with Crippen molar-refractivity contribution in [3.8, 4) is 0 Å². The molecule has 110 valence electrons. The third-order valence-corrected chi connectivity index (χ3v) is 3.40. The van der Waals surface area contributed by atoms with Gasteiger partial charge in [0.15, 0.2) is 0 Å². The summed E-state index contributed by atoms with van der Waals surface area (Å²) in [5.74, 6) is -0.777. The van der Waals surface area contributed by atoms with Crippen molar-refractivity contribution in [3.05, 3.63) is 0 Å². The summed E-state index contributed by atoms with van der Waals surface area (Å²) >= 11 is 0. The molecule has 0 aromatic carbocycles. The first-order valence-corrected chi connectivity index (χ1v) is 7.33. The molecule has 0 bridgehead atoms. The Labute approximate surface area is 115 Å². The first kappa shape index (κ1) is 15.8. The minimum Gasteiger partial charge on any atom is -0.481 e. The number of nitrogens with zero attached hydrogens (tertiary/aromatic N) is 1. The molecule has 1 aliphatic carbocycles. The van der Waals surface area contributed by atoms with E-state index in [-0.39, 0.29) is 18.5 Å². The van der Waals surface area contributed by atoms with E-state index in [1.165, 1.54) is 0 Å². The van der Waals surface area contributed by atoms with Gasteiger partial charge in [-0.25, -0.2) is 4.79 Å². The van der Waals surface area contributed by atoms with Crippen LogP contribution < -0.4 is 5.32 Å². The Kier molecular flexibility index (Phi) is 6.67. The number of carbonyl (C=O) groups is 2. The summed E-state index contributed by atoms with van der Waals surface area (Å²) in [6.07, 6.45) is 5.85. The molecule has 0 heterocycles. The number of carboxylic acids is 1. The van der Waals surface area contributed by atoms with E-state index >= 15 is 0 Å². The highest BCUT2D eigenvalue weighted by atomic mass is 16.4. The molecule has 1 atom stereocenters. The average Bonchev–Trinajstić information content (AvgIpc) is 3.13. The Balaban J connectivity index is 2.27. The number of hydrogen-bond donors (Lipinski definition) is 2. The van der Waals surface area contributed by atoms with E-state index in [1.807, 2.05) is 11.8 Å². The number of carboxylic acid groups (broad SMARTS) is 1. The van der Waals surface area contributed by atoms with E-state index in [1.54, 1.807) is 0 Å². The van der Waals surface area contributed by atoms with E-state index in [4.69, 9.17) is 5.11 Å². The summed E-state index contributed by atoms with van der Waals surface area (Å²) in [5, 5.41) is 11.6. The van der Waals surface area contributed by atoms with Crippen LogP contribution in [0.4, 0.5) is 4.79 Å². The zero-order chi connectivity index (χ0) is 14.3. The lowest BCUT2D eigenvalue weighted by Crippen LogP contribution is -2.45. The van der Waals surface area contributed by atoms with Crippen molar-refractivity contribution >= 4 is 12.0 Å². The van der Waals surface area contributed by atoms with Gasteiger partial charge in [-0.1, -0.05) is 13.3 Å². The molecule has 1 aliphatic rings. The van der Waals surface area contributed by atoms with Gasteiger partial charge in [0.25, 0.3) is 0 Å². The number of unbranched alkanes of at least 4 members (excludes halogenated alkanes) is 1. The largest absolute Gasteiger partial charge is 0.481 e. The quantitative estimate of drug-likeness (QED) is 0.676. The zero-order valence-corrected chi connectivity index (χ0v) is 12.0. The summed E-state index contributed by atoms with van der Waals surface area (Å²) in [5.41, 5.74) is 0. The monoisotopic (exact) mass is 270 g/mol. The van der Waals surface area contributed by atoms with Gasteiger partial charge in [-0.05, 0) is 39.0 Å². The van der Waals surface area contributed by atoms with Gasteiger partial charge in [0.1, 0.15) is 0 Å². The molecule has 0 radical (unpaired) electrons. The zero-order valence-electron chi connectivity index (χ0n) is 12.0. The number of rotatable bonds is 9. The van der Waals surface area contributed by atoms with E-state index in [0.717, 1.165) is 32.2 Å². The minimum atomic E-state index is -0.777. The Bertz CT molecular complexity index is 303. The van der Waals surface area contributed by atoms with Gasteiger partial charge in [-0.15, -0.1) is 0 Å². The molecule has 0 spiro atoms. The van der Waals surface area contributed by atoms with Gasteiger partial charge in [0.05, 0.1) is 0 Å². The highest BCUT2D eigenvalue weighted by Crippen LogP contribution is 2.27. The molecule has 19 heavy (non-hydrogen) atoms. The fraction of sp³-hybridized carbons (Fsp3) is 0.857. The summed E-state index contributed by atoms with van der Waals surface area (Å²) in [6.45, 7) is 4.89. The molecule has 1 saturated carbocycles. The van der Waals surface area contributed by atoms with E-state index in [2.05, 4.69) is 12.2 Å². The molecule has 0 aliphatic heterocycles. The fourth-order valence-electron chi connectivity index (χ4n) is 2.09. The standard InChI is InChI=1S/C14H26N2O3/c1-3-4-10-16(12-8-9-12)14(19)15-11(2)6-5-7-13(17)18/h11-12H,3-10H2,1-2H3,(H,15,19)(H,17,18). The van der Waals surface area contributed by atoms with Gasteiger partial charge in [-0.2, -0.15) is 0 Å². The maximum absolute atomic E-state index is 12.1. The Morgan fingerprint density at radius 3 is 2.58 bits per heavy atom. The van der Waals surface area contributed by atoms with E-state index in [9.17, 15) is 9.59 Å². The summed E-state index contributed by atoms with van der Waals surface area (Å²) in [7, 11) is 0. The van der Waals surface area contributed by atoms with Crippen LogP contribution in [0.3, 0.4) is 0 Å². The summed E-state index contributed by atoms with van der Waals surface area (Å²) in [6, 6.07) is 0.478. The van der Waals surface area contributed by atoms with Crippen LogP contribution in [0.2, 0.25) is 0 Å². The van der Waals surface area contributed by atoms with Crippen LogP contribution in [-0.4, -0.2) is 40.6 Å². The molecule has 2 amide bonds. The predicted molar refractivity (Wildman–Crippen MR) is 74.1 cm³/mol. The number of nitrogens with one attached hydrogen (secondary N) is 1. The normalized spacial score (nSPS) is 15.9. The first-order valence-electron chi connectivity index (χ1n) is 7.33.